The van der Waals surface area contributed by atoms with E-state index < -0.39 is 11.7 Å². The molecule has 1 nitrogen and oxygen atoms in total. The van der Waals surface area contributed by atoms with E-state index in [4.69, 9.17) is 0 Å². The Kier molecular flexibility index (Phi) is 1.75. The van der Waals surface area contributed by atoms with E-state index in [1.165, 1.54) is 11.0 Å². The van der Waals surface area contributed by atoms with Crippen molar-refractivity contribution in [3.63, 3.8) is 0 Å². The predicted octanol–water partition coefficient (Wildman–Crippen LogP) is 2.86. The zero-order valence-corrected chi connectivity index (χ0v) is 8.15. The summed E-state index contributed by atoms with van der Waals surface area (Å²) in [5.41, 5.74) is -0.101. The highest BCUT2D eigenvalue weighted by atomic mass is 19.4. The van der Waals surface area contributed by atoms with Crippen LogP contribution in [-0.4, -0.2) is 23.2 Å². The summed E-state index contributed by atoms with van der Waals surface area (Å²) in [6.45, 7) is 4.25. The molecule has 0 aromatic heterocycles. The van der Waals surface area contributed by atoms with Gasteiger partial charge in [0.15, 0.2) is 5.54 Å². The average molecular weight is 203 g/mol. The number of halogens is 3. The molecule has 1 heterocycles. The molecule has 1 aliphatic carbocycles. The highest BCUT2D eigenvalue weighted by Crippen LogP contribution is 2.68. The molecular formula is C10H12F3N. The molecule has 0 bridgehead atoms. The van der Waals surface area contributed by atoms with E-state index in [2.05, 4.69) is 0 Å². The smallest absolute Gasteiger partial charge is 0.346 e. The van der Waals surface area contributed by atoms with Crippen LogP contribution in [0.15, 0.2) is 23.4 Å². The Bertz CT molecular complexity index is 327. The van der Waals surface area contributed by atoms with Crippen molar-refractivity contribution < 1.29 is 13.2 Å². The van der Waals surface area contributed by atoms with Crippen molar-refractivity contribution in [2.24, 2.45) is 0 Å². The SMILES string of the molecule is C/C=C(/CC)CN1C2=CC21C(F)(F)F. The first-order valence-electron chi connectivity index (χ1n) is 4.69. The van der Waals surface area contributed by atoms with Crippen LogP contribution in [0.4, 0.5) is 13.2 Å². The van der Waals surface area contributed by atoms with E-state index in [1.54, 1.807) is 0 Å². The Labute approximate surface area is 80.9 Å². The standard InChI is InChI=1S/C10H12F3N/c1-3-7(4-2)6-14-8-5-9(8,14)10(11,12)13/h3,5H,4,6H2,1-2H3/b7-3-. The monoisotopic (exact) mass is 203 g/mol. The normalized spacial score (nSPS) is 29.9. The van der Waals surface area contributed by atoms with Gasteiger partial charge in [-0.1, -0.05) is 18.6 Å². The van der Waals surface area contributed by atoms with Gasteiger partial charge in [0, 0.05) is 6.54 Å². The molecule has 0 saturated carbocycles. The van der Waals surface area contributed by atoms with Gasteiger partial charge in [0.05, 0.1) is 5.70 Å². The largest absolute Gasteiger partial charge is 0.421 e. The summed E-state index contributed by atoms with van der Waals surface area (Å²) in [5, 5.41) is 0. The highest BCUT2D eigenvalue weighted by Gasteiger charge is 2.82. The Morgan fingerprint density at radius 3 is 2.50 bits per heavy atom. The fourth-order valence-corrected chi connectivity index (χ4v) is 1.78. The Morgan fingerprint density at radius 1 is 1.57 bits per heavy atom. The molecule has 0 radical (unpaired) electrons. The van der Waals surface area contributed by atoms with Crippen LogP contribution in [0, 0.1) is 0 Å². The van der Waals surface area contributed by atoms with E-state index in [9.17, 15) is 13.2 Å². The molecular weight excluding hydrogens is 191 g/mol. The number of hydrogen-bond donors (Lipinski definition) is 0. The second-order valence-corrected chi connectivity index (χ2v) is 3.68. The van der Waals surface area contributed by atoms with Crippen LogP contribution in [0.1, 0.15) is 20.3 Å². The van der Waals surface area contributed by atoms with Gasteiger partial charge in [-0.25, -0.2) is 0 Å². The van der Waals surface area contributed by atoms with E-state index in [-0.39, 0.29) is 0 Å². The fraction of sp³-hybridized carbons (Fsp3) is 0.600. The lowest BCUT2D eigenvalue weighted by molar-refractivity contribution is -0.152. The summed E-state index contributed by atoms with van der Waals surface area (Å²) in [6, 6.07) is 0. The minimum Gasteiger partial charge on any atom is -0.346 e. The molecule has 0 aromatic carbocycles. The topological polar surface area (TPSA) is 3.01 Å². The van der Waals surface area contributed by atoms with Gasteiger partial charge in [-0.05, 0) is 19.4 Å². The van der Waals surface area contributed by atoms with Crippen LogP contribution in [-0.2, 0) is 0 Å². The summed E-state index contributed by atoms with van der Waals surface area (Å²) in [7, 11) is 0. The molecule has 4 heteroatoms. The van der Waals surface area contributed by atoms with Crippen molar-refractivity contribution in [2.75, 3.05) is 6.54 Å². The van der Waals surface area contributed by atoms with Gasteiger partial charge in [0.2, 0.25) is 0 Å². The van der Waals surface area contributed by atoms with Gasteiger partial charge in [0.1, 0.15) is 0 Å². The lowest BCUT2D eigenvalue weighted by Crippen LogP contribution is -2.32. The van der Waals surface area contributed by atoms with E-state index >= 15 is 0 Å². The van der Waals surface area contributed by atoms with Gasteiger partial charge in [0.25, 0.3) is 0 Å². The van der Waals surface area contributed by atoms with E-state index in [0.29, 0.717) is 12.2 Å². The molecule has 0 N–H and O–H groups in total. The van der Waals surface area contributed by atoms with E-state index in [0.717, 1.165) is 12.0 Å². The van der Waals surface area contributed by atoms with E-state index in [1.807, 2.05) is 19.9 Å². The van der Waals surface area contributed by atoms with Crippen molar-refractivity contribution in [1.82, 2.24) is 4.90 Å². The molecule has 1 aliphatic heterocycles. The summed E-state index contributed by atoms with van der Waals surface area (Å²) >= 11 is 0. The van der Waals surface area contributed by atoms with Crippen molar-refractivity contribution in [2.45, 2.75) is 32.0 Å². The number of fused-ring (bicyclic) bond motifs is 1. The van der Waals surface area contributed by atoms with Gasteiger partial charge in [-0.15, -0.1) is 0 Å². The second-order valence-electron chi connectivity index (χ2n) is 3.68. The predicted molar refractivity (Wildman–Crippen MR) is 47.6 cm³/mol. The molecule has 78 valence electrons. The Hall–Kier alpha value is -0.930. The first kappa shape index (κ1) is 9.62. The Morgan fingerprint density at radius 2 is 2.21 bits per heavy atom. The number of rotatable bonds is 3. The first-order chi connectivity index (χ1) is 6.47. The third-order valence-electron chi connectivity index (χ3n) is 2.98. The molecule has 1 fully saturated rings. The van der Waals surface area contributed by atoms with Gasteiger partial charge < -0.3 is 4.90 Å². The summed E-state index contributed by atoms with van der Waals surface area (Å²) in [6.07, 6.45) is -0.124. The van der Waals surface area contributed by atoms with Gasteiger partial charge in [-0.3, -0.25) is 0 Å². The molecule has 0 spiro atoms. The van der Waals surface area contributed by atoms with Gasteiger partial charge >= 0.3 is 6.18 Å². The molecule has 1 saturated heterocycles. The lowest BCUT2D eigenvalue weighted by atomic mass is 10.2. The minimum absolute atomic E-state index is 0.429. The van der Waals surface area contributed by atoms with Crippen molar-refractivity contribution >= 4 is 0 Å². The van der Waals surface area contributed by atoms with Gasteiger partial charge in [-0.2, -0.15) is 13.2 Å². The highest BCUT2D eigenvalue weighted by molar-refractivity contribution is 5.64. The van der Waals surface area contributed by atoms with Crippen molar-refractivity contribution in [1.29, 1.82) is 0 Å². The van der Waals surface area contributed by atoms with Crippen LogP contribution < -0.4 is 0 Å². The van der Waals surface area contributed by atoms with Crippen LogP contribution in [0.5, 0.6) is 0 Å². The number of allylic oxidation sites excluding steroid dienone is 1. The molecule has 2 aliphatic rings. The number of hydrogen-bond acceptors (Lipinski definition) is 1. The molecule has 1 atom stereocenters. The zero-order valence-electron chi connectivity index (χ0n) is 8.15. The van der Waals surface area contributed by atoms with Crippen LogP contribution >= 0.6 is 0 Å². The minimum atomic E-state index is -4.12. The maximum absolute atomic E-state index is 12.5. The fourth-order valence-electron chi connectivity index (χ4n) is 1.78. The third-order valence-corrected chi connectivity index (χ3v) is 2.98. The quantitative estimate of drug-likeness (QED) is 0.503. The maximum atomic E-state index is 12.5. The number of alkyl halides is 3. The molecule has 14 heavy (non-hydrogen) atoms. The third kappa shape index (κ3) is 1.03. The van der Waals surface area contributed by atoms with Crippen LogP contribution in [0.25, 0.3) is 0 Å². The van der Waals surface area contributed by atoms with Crippen LogP contribution in [0.3, 0.4) is 0 Å². The number of nitrogens with zero attached hydrogens (tertiary/aromatic N) is 1. The van der Waals surface area contributed by atoms with Crippen molar-refractivity contribution in [3.05, 3.63) is 23.4 Å². The molecule has 0 amide bonds. The maximum Gasteiger partial charge on any atom is 0.421 e. The summed E-state index contributed by atoms with van der Waals surface area (Å²) in [4.78, 5) is 1.42. The van der Waals surface area contributed by atoms with Crippen LogP contribution in [0.2, 0.25) is 0 Å². The summed E-state index contributed by atoms with van der Waals surface area (Å²) < 4.78 is 37.4. The Balaban J connectivity index is 1.98. The zero-order chi connectivity index (χ0) is 10.6. The molecule has 1 unspecified atom stereocenters. The first-order valence-corrected chi connectivity index (χ1v) is 4.69. The summed E-state index contributed by atoms with van der Waals surface area (Å²) in [5.74, 6) is 0. The second kappa shape index (κ2) is 2.55. The van der Waals surface area contributed by atoms with Crippen molar-refractivity contribution in [3.8, 4) is 0 Å². The lowest BCUT2D eigenvalue weighted by Gasteiger charge is -2.16. The average Bonchev–Trinajstić information content (AvgIpc) is 2.90. The molecule has 0 aromatic rings. The molecule has 2 rings (SSSR count).